The van der Waals surface area contributed by atoms with Gasteiger partial charge in [0.15, 0.2) is 0 Å². The van der Waals surface area contributed by atoms with Crippen LogP contribution >= 0.6 is 0 Å². The number of aromatic nitrogens is 2. The first-order valence-corrected chi connectivity index (χ1v) is 7.17. The number of amides is 1. The Morgan fingerprint density at radius 1 is 1.41 bits per heavy atom. The summed E-state index contributed by atoms with van der Waals surface area (Å²) in [6.45, 7) is 5.39. The molecular formula is C16H20FN3O2. The topological polar surface area (TPSA) is 67.2 Å². The van der Waals surface area contributed by atoms with Crippen LogP contribution in [-0.4, -0.2) is 33.4 Å². The average Bonchev–Trinajstić information content (AvgIpc) is 2.88. The van der Waals surface area contributed by atoms with Crippen molar-refractivity contribution in [1.29, 1.82) is 0 Å². The van der Waals surface area contributed by atoms with Crippen molar-refractivity contribution in [1.82, 2.24) is 15.1 Å². The first-order chi connectivity index (χ1) is 10.5. The van der Waals surface area contributed by atoms with Crippen LogP contribution in [0.5, 0.6) is 0 Å². The summed E-state index contributed by atoms with van der Waals surface area (Å²) in [4.78, 5) is 12.3. The molecule has 2 aromatic rings. The van der Waals surface area contributed by atoms with Crippen molar-refractivity contribution in [2.75, 3.05) is 6.61 Å². The molecule has 0 aliphatic heterocycles. The maximum Gasteiger partial charge on any atom is 0.254 e. The zero-order chi connectivity index (χ0) is 16.3. The Hall–Kier alpha value is -2.21. The van der Waals surface area contributed by atoms with Crippen molar-refractivity contribution in [3.8, 4) is 5.69 Å². The fraction of sp³-hybridized carbons (Fsp3) is 0.375. The molecule has 0 radical (unpaired) electrons. The molecule has 5 nitrogen and oxygen atoms in total. The Balaban J connectivity index is 2.25. The van der Waals surface area contributed by atoms with Crippen molar-refractivity contribution in [2.45, 2.75) is 26.8 Å². The van der Waals surface area contributed by atoms with Crippen molar-refractivity contribution in [3.63, 3.8) is 0 Å². The van der Waals surface area contributed by atoms with Crippen LogP contribution in [0.2, 0.25) is 0 Å². The van der Waals surface area contributed by atoms with Gasteiger partial charge in [-0.05, 0) is 31.9 Å². The van der Waals surface area contributed by atoms with E-state index in [4.69, 9.17) is 5.11 Å². The minimum atomic E-state index is -0.400. The number of hydrogen-bond acceptors (Lipinski definition) is 3. The monoisotopic (exact) mass is 305 g/mol. The number of carbonyl (C=O) groups is 1. The molecule has 2 rings (SSSR count). The molecule has 2 atom stereocenters. The highest BCUT2D eigenvalue weighted by Crippen LogP contribution is 2.17. The van der Waals surface area contributed by atoms with Gasteiger partial charge in [-0.3, -0.25) is 4.79 Å². The Morgan fingerprint density at radius 3 is 2.73 bits per heavy atom. The summed E-state index contributed by atoms with van der Waals surface area (Å²) < 4.78 is 15.2. The van der Waals surface area contributed by atoms with E-state index in [1.54, 1.807) is 25.1 Å². The largest absolute Gasteiger partial charge is 0.396 e. The molecule has 0 fully saturated rings. The standard InChI is InChI=1S/C16H20FN3O2/c1-10(9-21)11(2)19-16(22)13-8-18-20(12(13)3)15-7-5-4-6-14(15)17/h4-8,10-11,21H,9H2,1-3H3,(H,19,22). The number of hydrogen-bond donors (Lipinski definition) is 2. The fourth-order valence-electron chi connectivity index (χ4n) is 2.08. The molecule has 1 amide bonds. The lowest BCUT2D eigenvalue weighted by Gasteiger charge is -2.19. The SMILES string of the molecule is Cc1c(C(=O)NC(C)C(C)CO)cnn1-c1ccccc1F. The maximum absolute atomic E-state index is 13.8. The second-order valence-corrected chi connectivity index (χ2v) is 5.43. The van der Waals surface area contributed by atoms with E-state index in [1.165, 1.54) is 16.9 Å². The van der Waals surface area contributed by atoms with E-state index < -0.39 is 5.82 Å². The summed E-state index contributed by atoms with van der Waals surface area (Å²) in [7, 11) is 0. The molecule has 22 heavy (non-hydrogen) atoms. The van der Waals surface area contributed by atoms with Gasteiger partial charge in [-0.2, -0.15) is 5.10 Å². The average molecular weight is 305 g/mol. The van der Waals surface area contributed by atoms with Gasteiger partial charge in [0.05, 0.1) is 17.5 Å². The van der Waals surface area contributed by atoms with Gasteiger partial charge in [0, 0.05) is 12.6 Å². The van der Waals surface area contributed by atoms with Crippen molar-refractivity contribution in [3.05, 3.63) is 47.5 Å². The number of aliphatic hydroxyl groups is 1. The van der Waals surface area contributed by atoms with E-state index in [2.05, 4.69) is 10.4 Å². The molecule has 0 aliphatic carbocycles. The lowest BCUT2D eigenvalue weighted by Crippen LogP contribution is -2.38. The predicted molar refractivity (Wildman–Crippen MR) is 81.4 cm³/mol. The molecule has 1 aromatic carbocycles. The van der Waals surface area contributed by atoms with Gasteiger partial charge in [0.25, 0.3) is 5.91 Å². The Kier molecular flexibility index (Phi) is 4.92. The number of carbonyl (C=O) groups excluding carboxylic acids is 1. The fourth-order valence-corrected chi connectivity index (χ4v) is 2.08. The van der Waals surface area contributed by atoms with Gasteiger partial charge in [0.1, 0.15) is 11.5 Å². The Morgan fingerprint density at radius 2 is 2.09 bits per heavy atom. The van der Waals surface area contributed by atoms with Crippen LogP contribution < -0.4 is 5.32 Å². The Bertz CT molecular complexity index is 669. The van der Waals surface area contributed by atoms with Crippen molar-refractivity contribution < 1.29 is 14.3 Å². The van der Waals surface area contributed by atoms with E-state index >= 15 is 0 Å². The molecule has 0 saturated carbocycles. The molecule has 118 valence electrons. The van der Waals surface area contributed by atoms with Crippen LogP contribution in [-0.2, 0) is 0 Å². The molecule has 0 aliphatic rings. The summed E-state index contributed by atoms with van der Waals surface area (Å²) >= 11 is 0. The molecule has 2 unspecified atom stereocenters. The molecule has 0 spiro atoms. The highest BCUT2D eigenvalue weighted by atomic mass is 19.1. The first kappa shape index (κ1) is 16.2. The van der Waals surface area contributed by atoms with Crippen molar-refractivity contribution in [2.24, 2.45) is 5.92 Å². The third-order valence-electron chi connectivity index (χ3n) is 3.84. The zero-order valence-electron chi connectivity index (χ0n) is 12.9. The van der Waals surface area contributed by atoms with Crippen LogP contribution in [0.4, 0.5) is 4.39 Å². The third kappa shape index (κ3) is 3.17. The van der Waals surface area contributed by atoms with Crippen LogP contribution in [0, 0.1) is 18.7 Å². The van der Waals surface area contributed by atoms with Gasteiger partial charge in [-0.15, -0.1) is 0 Å². The smallest absolute Gasteiger partial charge is 0.254 e. The normalized spacial score (nSPS) is 13.7. The molecule has 1 heterocycles. The molecule has 6 heteroatoms. The minimum absolute atomic E-state index is 0.00504. The zero-order valence-corrected chi connectivity index (χ0v) is 12.9. The quantitative estimate of drug-likeness (QED) is 0.888. The van der Waals surface area contributed by atoms with Gasteiger partial charge < -0.3 is 10.4 Å². The summed E-state index contributed by atoms with van der Waals surface area (Å²) in [6.07, 6.45) is 1.42. The third-order valence-corrected chi connectivity index (χ3v) is 3.84. The lowest BCUT2D eigenvalue weighted by molar-refractivity contribution is 0.0915. The van der Waals surface area contributed by atoms with Crippen LogP contribution in [0.1, 0.15) is 29.9 Å². The number of nitrogens with zero attached hydrogens (tertiary/aromatic N) is 2. The van der Waals surface area contributed by atoms with E-state index in [1.807, 2.05) is 13.8 Å². The second-order valence-electron chi connectivity index (χ2n) is 5.43. The molecule has 2 N–H and O–H groups in total. The Labute approximate surface area is 128 Å². The van der Waals surface area contributed by atoms with Gasteiger partial charge in [-0.25, -0.2) is 9.07 Å². The van der Waals surface area contributed by atoms with E-state index in [0.29, 0.717) is 16.9 Å². The van der Waals surface area contributed by atoms with E-state index in [-0.39, 0.29) is 24.5 Å². The predicted octanol–water partition coefficient (Wildman–Crippen LogP) is 2.07. The van der Waals surface area contributed by atoms with Gasteiger partial charge >= 0.3 is 0 Å². The lowest BCUT2D eigenvalue weighted by atomic mass is 10.0. The summed E-state index contributed by atoms with van der Waals surface area (Å²) in [5.41, 5.74) is 1.25. The number of nitrogens with one attached hydrogen (secondary N) is 1. The van der Waals surface area contributed by atoms with Crippen LogP contribution in [0.25, 0.3) is 5.69 Å². The number of aliphatic hydroxyl groups excluding tert-OH is 1. The van der Waals surface area contributed by atoms with E-state index in [0.717, 1.165) is 0 Å². The second kappa shape index (κ2) is 6.70. The summed E-state index contributed by atoms with van der Waals surface area (Å²) in [6, 6.07) is 6.09. The number of rotatable bonds is 5. The van der Waals surface area contributed by atoms with E-state index in [9.17, 15) is 9.18 Å². The maximum atomic E-state index is 13.8. The first-order valence-electron chi connectivity index (χ1n) is 7.17. The number of halogens is 1. The summed E-state index contributed by atoms with van der Waals surface area (Å²) in [5, 5.41) is 16.0. The summed E-state index contributed by atoms with van der Waals surface area (Å²) in [5.74, 6) is -0.735. The van der Waals surface area contributed by atoms with Crippen LogP contribution in [0.15, 0.2) is 30.5 Å². The molecule has 0 saturated heterocycles. The highest BCUT2D eigenvalue weighted by molar-refractivity contribution is 5.95. The highest BCUT2D eigenvalue weighted by Gasteiger charge is 2.20. The van der Waals surface area contributed by atoms with Crippen LogP contribution in [0.3, 0.4) is 0 Å². The molecule has 1 aromatic heterocycles. The molecule has 0 bridgehead atoms. The van der Waals surface area contributed by atoms with Crippen molar-refractivity contribution >= 4 is 5.91 Å². The van der Waals surface area contributed by atoms with Gasteiger partial charge in [-0.1, -0.05) is 19.1 Å². The van der Waals surface area contributed by atoms with Gasteiger partial charge in [0.2, 0.25) is 0 Å². The molecular weight excluding hydrogens is 285 g/mol. The minimum Gasteiger partial charge on any atom is -0.396 e. The number of para-hydroxylation sites is 1. The number of benzene rings is 1.